The molecule has 4 nitrogen and oxygen atoms in total. The van der Waals surface area contributed by atoms with E-state index in [9.17, 15) is 17.4 Å². The van der Waals surface area contributed by atoms with Crippen LogP contribution in [0.2, 0.25) is 0 Å². The summed E-state index contributed by atoms with van der Waals surface area (Å²) in [4.78, 5) is 10.8. The summed E-state index contributed by atoms with van der Waals surface area (Å²) in [6, 6.07) is 0. The number of rotatable bonds is 6. The van der Waals surface area contributed by atoms with Crippen molar-refractivity contribution >= 4 is 26.4 Å². The Labute approximate surface area is 159 Å². The zero-order valence-electron chi connectivity index (χ0n) is 18.4. The molecule has 0 aliphatic rings. The summed E-state index contributed by atoms with van der Waals surface area (Å²) in [5, 5.41) is 0.153. The molecule has 25 heavy (non-hydrogen) atoms. The van der Waals surface area contributed by atoms with Crippen LogP contribution in [0.1, 0.15) is 83.1 Å². The monoisotopic (exact) mass is 398 g/mol. The fourth-order valence-electron chi connectivity index (χ4n) is 1.76. The van der Waals surface area contributed by atoms with Crippen molar-refractivity contribution in [3.8, 4) is 0 Å². The maximum atomic E-state index is 11.0. The van der Waals surface area contributed by atoms with Gasteiger partial charge in [0.15, 0.2) is 9.84 Å². The molecule has 154 valence electrons. The molecule has 0 unspecified atom stereocenters. The van der Waals surface area contributed by atoms with Crippen LogP contribution in [-0.2, 0) is 25.4 Å². The first-order valence-electron chi connectivity index (χ1n) is 9.15. The zero-order valence-corrected chi connectivity index (χ0v) is 20.0. The zero-order chi connectivity index (χ0) is 21.1. The highest BCUT2D eigenvalue weighted by molar-refractivity contribution is 7.92. The molecule has 0 aliphatic carbocycles. The van der Waals surface area contributed by atoms with Crippen molar-refractivity contribution in [1.29, 1.82) is 0 Å². The van der Waals surface area contributed by atoms with Crippen LogP contribution >= 0.6 is 0 Å². The summed E-state index contributed by atoms with van der Waals surface area (Å²) in [7, 11) is -3.44. The molecule has 0 saturated heterocycles. The van der Waals surface area contributed by atoms with E-state index >= 15 is 0 Å². The van der Waals surface area contributed by atoms with E-state index < -0.39 is 20.6 Å². The van der Waals surface area contributed by atoms with Crippen molar-refractivity contribution < 1.29 is 17.4 Å². The number of Topliss-reactive ketones (excluding diaryl/α,β-unsaturated/α-hetero) is 1. The molecule has 0 fully saturated rings. The molecule has 0 rings (SSSR count). The van der Waals surface area contributed by atoms with Gasteiger partial charge in [0.2, 0.25) is 0 Å². The van der Waals surface area contributed by atoms with Gasteiger partial charge in [-0.25, -0.2) is 8.42 Å². The van der Waals surface area contributed by atoms with Crippen LogP contribution in [0.5, 0.6) is 0 Å². The summed E-state index contributed by atoms with van der Waals surface area (Å²) in [5.41, 5.74) is 0. The van der Waals surface area contributed by atoms with Crippen LogP contribution < -0.4 is 0 Å². The van der Waals surface area contributed by atoms with E-state index in [1.54, 1.807) is 27.7 Å². The van der Waals surface area contributed by atoms with E-state index in [0.29, 0.717) is 16.3 Å². The van der Waals surface area contributed by atoms with Crippen molar-refractivity contribution in [2.45, 2.75) is 104 Å². The van der Waals surface area contributed by atoms with Crippen LogP contribution in [0.3, 0.4) is 0 Å². The molecule has 0 radical (unpaired) electrons. The molecular weight excluding hydrogens is 356 g/mol. The van der Waals surface area contributed by atoms with E-state index in [1.165, 1.54) is 0 Å². The lowest BCUT2D eigenvalue weighted by molar-refractivity contribution is -0.124. The molecule has 6 heteroatoms. The molecule has 0 aromatic heterocycles. The maximum Gasteiger partial charge on any atom is 0.154 e. The second-order valence-corrected chi connectivity index (χ2v) is 13.4. The van der Waals surface area contributed by atoms with Crippen LogP contribution in [-0.4, -0.2) is 39.4 Å². The van der Waals surface area contributed by atoms with Crippen LogP contribution in [0, 0.1) is 11.8 Å². The Morgan fingerprint density at radius 1 is 0.640 bits per heavy atom. The average Bonchev–Trinajstić information content (AvgIpc) is 2.45. The van der Waals surface area contributed by atoms with Gasteiger partial charge in [0.25, 0.3) is 0 Å². The molecule has 0 aromatic rings. The number of hydrogen-bond acceptors (Lipinski definition) is 4. The molecule has 0 bridgehead atoms. The molecule has 0 heterocycles. The molecule has 0 aromatic carbocycles. The standard InChI is InChI=1S/C7H14O.C6H14O2S.C6H14OS/c1-5(2)7(8)6(3)4;1-5(2)9(7,8)6(3)4;1-5(2)8(7)6(3)4/h5-6H,1-4H3;5-6H,1-4H3;5-6H,1-4H3. The molecule has 0 saturated carbocycles. The minimum atomic E-state index is -2.81. The van der Waals surface area contributed by atoms with Crippen molar-refractivity contribution in [1.82, 2.24) is 0 Å². The van der Waals surface area contributed by atoms with Gasteiger partial charge in [0.1, 0.15) is 5.78 Å². The fourth-order valence-corrected chi connectivity index (χ4v) is 3.93. The third-order valence-electron chi connectivity index (χ3n) is 3.38. The largest absolute Gasteiger partial charge is 0.299 e. The van der Waals surface area contributed by atoms with Crippen molar-refractivity contribution in [3.63, 3.8) is 0 Å². The summed E-state index contributed by atoms with van der Waals surface area (Å²) in [6.07, 6.45) is 0. The lowest BCUT2D eigenvalue weighted by atomic mass is 9.99. The van der Waals surface area contributed by atoms with Gasteiger partial charge in [-0.3, -0.25) is 9.00 Å². The summed E-state index contributed by atoms with van der Waals surface area (Å²) in [6.45, 7) is 22.5. The minimum Gasteiger partial charge on any atom is -0.299 e. The minimum absolute atomic E-state index is 0.204. The Kier molecular flexibility index (Phi) is 16.4. The summed E-state index contributed by atoms with van der Waals surface area (Å²) < 4.78 is 33.0. The highest BCUT2D eigenvalue weighted by Crippen LogP contribution is 2.06. The predicted molar refractivity (Wildman–Crippen MR) is 112 cm³/mol. The van der Waals surface area contributed by atoms with Crippen LogP contribution in [0.15, 0.2) is 0 Å². The van der Waals surface area contributed by atoms with Crippen molar-refractivity contribution in [3.05, 3.63) is 0 Å². The van der Waals surface area contributed by atoms with Crippen LogP contribution in [0.25, 0.3) is 0 Å². The first-order chi connectivity index (χ1) is 11.0. The number of carbonyl (C=O) groups is 1. The Morgan fingerprint density at radius 3 is 0.880 bits per heavy atom. The summed E-state index contributed by atoms with van der Waals surface area (Å²) in [5.74, 6) is 0.759. The third kappa shape index (κ3) is 14.6. The molecule has 0 spiro atoms. The van der Waals surface area contributed by atoms with Crippen molar-refractivity contribution in [2.75, 3.05) is 0 Å². The first-order valence-corrected chi connectivity index (χ1v) is 12.0. The summed E-state index contributed by atoms with van der Waals surface area (Å²) >= 11 is 0. The Morgan fingerprint density at radius 2 is 0.880 bits per heavy atom. The second kappa shape index (κ2) is 13.9. The SMILES string of the molecule is CC(C)C(=O)C(C)C.CC(C)S(=O)(=O)C(C)C.CC(C)S(=O)C(C)C. The van der Waals surface area contributed by atoms with E-state index in [1.807, 2.05) is 55.4 Å². The van der Waals surface area contributed by atoms with Gasteiger partial charge in [-0.1, -0.05) is 55.4 Å². The third-order valence-corrected chi connectivity index (χ3v) is 7.87. The first kappa shape index (κ1) is 29.5. The van der Waals surface area contributed by atoms with E-state index in [0.717, 1.165) is 0 Å². The topological polar surface area (TPSA) is 68.3 Å². The number of hydrogen-bond donors (Lipinski definition) is 0. The average molecular weight is 399 g/mol. The Balaban J connectivity index is -0.000000291. The van der Waals surface area contributed by atoms with Crippen molar-refractivity contribution in [2.24, 2.45) is 11.8 Å². The highest BCUT2D eigenvalue weighted by atomic mass is 32.2. The van der Waals surface area contributed by atoms with Gasteiger partial charge < -0.3 is 0 Å². The van der Waals surface area contributed by atoms with Gasteiger partial charge in [-0.05, 0) is 27.7 Å². The Bertz CT molecular complexity index is 416. The van der Waals surface area contributed by atoms with Gasteiger partial charge in [0, 0.05) is 33.1 Å². The normalized spacial score (nSPS) is 12.0. The lowest BCUT2D eigenvalue weighted by Gasteiger charge is -2.09. The van der Waals surface area contributed by atoms with Gasteiger partial charge in [-0.2, -0.15) is 0 Å². The second-order valence-electron chi connectivity index (χ2n) is 7.82. The van der Waals surface area contributed by atoms with Gasteiger partial charge in [0.05, 0.1) is 10.5 Å². The molecule has 0 amide bonds. The van der Waals surface area contributed by atoms with E-state index in [2.05, 4.69) is 0 Å². The predicted octanol–water partition coefficient (Wildman–Crippen LogP) is 4.64. The maximum absolute atomic E-state index is 11.0. The van der Waals surface area contributed by atoms with E-state index in [-0.39, 0.29) is 22.3 Å². The smallest absolute Gasteiger partial charge is 0.154 e. The van der Waals surface area contributed by atoms with Crippen LogP contribution in [0.4, 0.5) is 0 Å². The number of ketones is 1. The number of carbonyl (C=O) groups excluding carboxylic acids is 1. The van der Waals surface area contributed by atoms with Gasteiger partial charge in [-0.15, -0.1) is 0 Å². The highest BCUT2D eigenvalue weighted by Gasteiger charge is 2.19. The van der Waals surface area contributed by atoms with E-state index in [4.69, 9.17) is 0 Å². The molecular formula is C19H42O4S2. The Hall–Kier alpha value is -0.230. The molecule has 0 N–H and O–H groups in total. The lowest BCUT2D eigenvalue weighted by Crippen LogP contribution is -2.23. The fraction of sp³-hybridized carbons (Fsp3) is 0.947. The van der Waals surface area contributed by atoms with Gasteiger partial charge >= 0.3 is 0 Å². The molecule has 0 aliphatic heterocycles. The number of sulfone groups is 1. The quantitative estimate of drug-likeness (QED) is 0.654. The molecule has 0 atom stereocenters.